The van der Waals surface area contributed by atoms with Crippen molar-refractivity contribution < 1.29 is 18.0 Å². The predicted octanol–water partition coefficient (Wildman–Crippen LogP) is 4.31. The molecule has 2 amide bonds. The number of sulfonamides is 1. The number of nitrogens with one attached hydrogen (secondary N) is 1. The van der Waals surface area contributed by atoms with Crippen molar-refractivity contribution in [3.63, 3.8) is 0 Å². The van der Waals surface area contributed by atoms with Gasteiger partial charge in [0.15, 0.2) is 0 Å². The Morgan fingerprint density at radius 3 is 2.15 bits per heavy atom. The Morgan fingerprint density at radius 1 is 1.03 bits per heavy atom. The standard InChI is InChI=1S/C23H29Br2N3O4S/c1-16(22(30)26-23(2,3)4)27(14-17-9-11-18(24)12-10-17)21(29)15-28(33(5,31)32)20-8-6-7-19(25)13-20/h6-13,16H,14-15H2,1-5H3,(H,26,30)/t16-/m1/s1. The monoisotopic (exact) mass is 601 g/mol. The van der Waals surface area contributed by atoms with Gasteiger partial charge in [0.1, 0.15) is 12.6 Å². The Hall–Kier alpha value is -1.91. The van der Waals surface area contributed by atoms with E-state index >= 15 is 0 Å². The lowest BCUT2D eigenvalue weighted by atomic mass is 10.1. The van der Waals surface area contributed by atoms with E-state index in [9.17, 15) is 18.0 Å². The zero-order valence-electron chi connectivity index (χ0n) is 19.3. The Labute approximate surface area is 212 Å². The largest absolute Gasteiger partial charge is 0.350 e. The minimum absolute atomic E-state index is 0.154. The van der Waals surface area contributed by atoms with Crippen LogP contribution in [0.15, 0.2) is 57.5 Å². The van der Waals surface area contributed by atoms with Crippen molar-refractivity contribution in [3.05, 3.63) is 63.0 Å². The lowest BCUT2D eigenvalue weighted by Crippen LogP contribution is -2.54. The Bertz CT molecular complexity index is 1100. The second kappa shape index (κ2) is 11.0. The van der Waals surface area contributed by atoms with Crippen molar-refractivity contribution in [2.24, 2.45) is 0 Å². The Kier molecular flexibility index (Phi) is 9.12. The van der Waals surface area contributed by atoms with Crippen molar-refractivity contribution >= 4 is 59.4 Å². The number of halogens is 2. The fourth-order valence-corrected chi connectivity index (χ4v) is 4.58. The summed E-state index contributed by atoms with van der Waals surface area (Å²) in [5.41, 5.74) is 0.693. The molecule has 0 fully saturated rings. The highest BCUT2D eigenvalue weighted by Gasteiger charge is 2.31. The Morgan fingerprint density at radius 2 is 1.64 bits per heavy atom. The van der Waals surface area contributed by atoms with Crippen molar-refractivity contribution in [2.75, 3.05) is 17.1 Å². The van der Waals surface area contributed by atoms with E-state index in [1.165, 1.54) is 4.90 Å². The molecule has 0 spiro atoms. The molecule has 2 aromatic rings. The SMILES string of the molecule is C[C@H](C(=O)NC(C)(C)C)N(Cc1ccc(Br)cc1)C(=O)CN(c1cccc(Br)c1)S(C)(=O)=O. The van der Waals surface area contributed by atoms with Gasteiger partial charge in [0, 0.05) is 21.0 Å². The van der Waals surface area contributed by atoms with E-state index in [-0.39, 0.29) is 12.5 Å². The van der Waals surface area contributed by atoms with E-state index in [4.69, 9.17) is 0 Å². The van der Waals surface area contributed by atoms with Gasteiger partial charge in [-0.25, -0.2) is 8.42 Å². The second-order valence-electron chi connectivity index (χ2n) is 8.81. The minimum atomic E-state index is -3.76. The summed E-state index contributed by atoms with van der Waals surface area (Å²) in [4.78, 5) is 27.8. The number of carbonyl (C=O) groups is 2. The van der Waals surface area contributed by atoms with Crippen molar-refractivity contribution in [2.45, 2.75) is 45.8 Å². The zero-order chi connectivity index (χ0) is 25.0. The summed E-state index contributed by atoms with van der Waals surface area (Å²) in [6.45, 7) is 6.94. The van der Waals surface area contributed by atoms with Gasteiger partial charge in [-0.1, -0.05) is 50.1 Å². The summed E-state index contributed by atoms with van der Waals surface area (Å²) >= 11 is 6.73. The molecule has 180 valence electrons. The van der Waals surface area contributed by atoms with E-state index in [0.717, 1.165) is 20.6 Å². The minimum Gasteiger partial charge on any atom is -0.350 e. The molecule has 1 N–H and O–H groups in total. The number of rotatable bonds is 8. The molecule has 0 aliphatic heterocycles. The highest BCUT2D eigenvalue weighted by atomic mass is 79.9. The molecule has 0 unspecified atom stereocenters. The van der Waals surface area contributed by atoms with Crippen LogP contribution in [0.3, 0.4) is 0 Å². The third-order valence-electron chi connectivity index (χ3n) is 4.71. The van der Waals surface area contributed by atoms with Crippen LogP contribution in [0.4, 0.5) is 5.69 Å². The summed E-state index contributed by atoms with van der Waals surface area (Å²) in [5, 5.41) is 2.89. The molecule has 2 aromatic carbocycles. The van der Waals surface area contributed by atoms with Crippen LogP contribution >= 0.6 is 31.9 Å². The number of hydrogen-bond donors (Lipinski definition) is 1. The highest BCUT2D eigenvalue weighted by Crippen LogP contribution is 2.23. The van der Waals surface area contributed by atoms with Crippen LogP contribution < -0.4 is 9.62 Å². The lowest BCUT2D eigenvalue weighted by molar-refractivity contribution is -0.140. The summed E-state index contributed by atoms with van der Waals surface area (Å²) in [6, 6.07) is 13.3. The van der Waals surface area contributed by atoms with Crippen molar-refractivity contribution in [3.8, 4) is 0 Å². The third kappa shape index (κ3) is 8.42. The molecule has 2 rings (SSSR count). The molecule has 0 radical (unpaired) electrons. The van der Waals surface area contributed by atoms with E-state index in [2.05, 4.69) is 37.2 Å². The average Bonchev–Trinajstić information content (AvgIpc) is 2.68. The van der Waals surface area contributed by atoms with Gasteiger partial charge in [-0.3, -0.25) is 13.9 Å². The number of nitrogens with zero attached hydrogens (tertiary/aromatic N) is 2. The van der Waals surface area contributed by atoms with Gasteiger partial charge in [0.2, 0.25) is 21.8 Å². The molecule has 0 aliphatic carbocycles. The Balaban J connectivity index is 2.39. The smallest absolute Gasteiger partial charge is 0.244 e. The maximum atomic E-state index is 13.5. The molecule has 33 heavy (non-hydrogen) atoms. The first-order valence-electron chi connectivity index (χ1n) is 10.3. The summed E-state index contributed by atoms with van der Waals surface area (Å²) in [5.74, 6) is -0.804. The van der Waals surface area contributed by atoms with E-state index < -0.39 is 34.1 Å². The molecule has 7 nitrogen and oxygen atoms in total. The maximum Gasteiger partial charge on any atom is 0.244 e. The highest BCUT2D eigenvalue weighted by molar-refractivity contribution is 9.10. The van der Waals surface area contributed by atoms with Gasteiger partial charge in [0.25, 0.3) is 0 Å². The van der Waals surface area contributed by atoms with E-state index in [1.807, 2.05) is 45.0 Å². The first-order chi connectivity index (χ1) is 15.2. The molecule has 10 heteroatoms. The second-order valence-corrected chi connectivity index (χ2v) is 12.6. The number of hydrogen-bond acceptors (Lipinski definition) is 4. The normalized spacial score (nSPS) is 12.7. The zero-order valence-corrected chi connectivity index (χ0v) is 23.3. The molecule has 1 atom stereocenters. The summed E-state index contributed by atoms with van der Waals surface area (Å²) < 4.78 is 27.7. The molecule has 0 aliphatic rings. The average molecular weight is 603 g/mol. The molecule has 0 aromatic heterocycles. The molecule has 0 heterocycles. The van der Waals surface area contributed by atoms with E-state index in [0.29, 0.717) is 10.2 Å². The fraction of sp³-hybridized carbons (Fsp3) is 0.391. The molecule has 0 saturated carbocycles. The fourth-order valence-electron chi connectivity index (χ4n) is 3.09. The number of anilines is 1. The number of carbonyl (C=O) groups excluding carboxylic acids is 2. The van der Waals surface area contributed by atoms with Crippen LogP contribution in [0.5, 0.6) is 0 Å². The van der Waals surface area contributed by atoms with Crippen LogP contribution in [-0.2, 0) is 26.2 Å². The van der Waals surface area contributed by atoms with E-state index in [1.54, 1.807) is 31.2 Å². The third-order valence-corrected chi connectivity index (χ3v) is 6.87. The summed E-state index contributed by atoms with van der Waals surface area (Å²) in [6.07, 6.45) is 1.05. The lowest BCUT2D eigenvalue weighted by Gasteiger charge is -2.33. The predicted molar refractivity (Wildman–Crippen MR) is 138 cm³/mol. The van der Waals surface area contributed by atoms with Crippen molar-refractivity contribution in [1.29, 1.82) is 0 Å². The molecular formula is C23H29Br2N3O4S. The first kappa shape index (κ1) is 27.3. The van der Waals surface area contributed by atoms with Gasteiger partial charge < -0.3 is 10.2 Å². The van der Waals surface area contributed by atoms with Crippen LogP contribution in [-0.4, -0.2) is 49.5 Å². The first-order valence-corrected chi connectivity index (χ1v) is 13.7. The topological polar surface area (TPSA) is 86.8 Å². The van der Waals surface area contributed by atoms with Gasteiger partial charge in [-0.15, -0.1) is 0 Å². The van der Waals surface area contributed by atoms with Crippen LogP contribution in [0.2, 0.25) is 0 Å². The number of amides is 2. The van der Waals surface area contributed by atoms with Gasteiger partial charge in [-0.05, 0) is 63.6 Å². The molecule has 0 bridgehead atoms. The summed E-state index contributed by atoms with van der Waals surface area (Å²) in [7, 11) is -3.76. The number of benzene rings is 2. The van der Waals surface area contributed by atoms with Gasteiger partial charge in [0.05, 0.1) is 11.9 Å². The van der Waals surface area contributed by atoms with Gasteiger partial charge in [-0.2, -0.15) is 0 Å². The van der Waals surface area contributed by atoms with Crippen LogP contribution in [0, 0.1) is 0 Å². The quantitative estimate of drug-likeness (QED) is 0.488. The van der Waals surface area contributed by atoms with Crippen LogP contribution in [0.25, 0.3) is 0 Å². The van der Waals surface area contributed by atoms with Gasteiger partial charge >= 0.3 is 0 Å². The maximum absolute atomic E-state index is 13.5. The molecule has 0 saturated heterocycles. The molecular weight excluding hydrogens is 574 g/mol. The van der Waals surface area contributed by atoms with Crippen LogP contribution in [0.1, 0.15) is 33.3 Å². The van der Waals surface area contributed by atoms with Crippen molar-refractivity contribution in [1.82, 2.24) is 10.2 Å².